The number of ether oxygens (including phenoxy) is 2. The lowest BCUT2D eigenvalue weighted by Gasteiger charge is -2.28. The quantitative estimate of drug-likeness (QED) is 0.808. The average Bonchev–Trinajstić information content (AvgIpc) is 2.55. The van der Waals surface area contributed by atoms with Gasteiger partial charge in [0, 0.05) is 19.2 Å². The Labute approximate surface area is 139 Å². The highest BCUT2D eigenvalue weighted by Crippen LogP contribution is 2.30. The van der Waals surface area contributed by atoms with Gasteiger partial charge >= 0.3 is 6.61 Å². The van der Waals surface area contributed by atoms with Crippen LogP contribution in [-0.4, -0.2) is 48.3 Å². The van der Waals surface area contributed by atoms with Gasteiger partial charge in [0.2, 0.25) is 5.91 Å². The summed E-state index contributed by atoms with van der Waals surface area (Å²) in [7, 11) is 0. The molecule has 1 aliphatic rings. The van der Waals surface area contributed by atoms with Crippen molar-refractivity contribution in [3.63, 3.8) is 0 Å². The van der Waals surface area contributed by atoms with E-state index in [0.717, 1.165) is 0 Å². The molecule has 1 saturated heterocycles. The number of carbonyl (C=O) groups excluding carboxylic acids is 1. The van der Waals surface area contributed by atoms with E-state index in [1.54, 1.807) is 30.0 Å². The SMILES string of the molecule is CCOc1cc(/C=C/C(=O)N2CCC(O)CC2)ccc1OC(F)F. The lowest BCUT2D eigenvalue weighted by Crippen LogP contribution is -2.39. The molecule has 0 spiro atoms. The fourth-order valence-electron chi connectivity index (χ4n) is 2.45. The number of likely N-dealkylation sites (tertiary alicyclic amines) is 1. The van der Waals surface area contributed by atoms with Gasteiger partial charge in [0.25, 0.3) is 0 Å². The summed E-state index contributed by atoms with van der Waals surface area (Å²) in [6, 6.07) is 4.51. The molecule has 0 aliphatic carbocycles. The first-order valence-electron chi connectivity index (χ1n) is 7.86. The first-order valence-corrected chi connectivity index (χ1v) is 7.86. The van der Waals surface area contributed by atoms with Gasteiger partial charge in [-0.15, -0.1) is 0 Å². The number of nitrogens with zero attached hydrogens (tertiary/aromatic N) is 1. The van der Waals surface area contributed by atoms with Crippen LogP contribution < -0.4 is 9.47 Å². The van der Waals surface area contributed by atoms with Crippen molar-refractivity contribution in [1.82, 2.24) is 4.90 Å². The molecule has 2 rings (SSSR count). The van der Waals surface area contributed by atoms with Crippen molar-refractivity contribution in [2.45, 2.75) is 32.5 Å². The molecule has 0 aromatic heterocycles. The first-order chi connectivity index (χ1) is 11.5. The molecule has 5 nitrogen and oxygen atoms in total. The predicted octanol–water partition coefficient (Wildman–Crippen LogP) is 2.68. The van der Waals surface area contributed by atoms with Gasteiger partial charge in [-0.3, -0.25) is 4.79 Å². The number of hydrogen-bond acceptors (Lipinski definition) is 4. The van der Waals surface area contributed by atoms with Crippen LogP contribution in [0.15, 0.2) is 24.3 Å². The lowest BCUT2D eigenvalue weighted by atomic mass is 10.1. The first kappa shape index (κ1) is 18.2. The number of alkyl halides is 2. The summed E-state index contributed by atoms with van der Waals surface area (Å²) < 4.78 is 34.4. The van der Waals surface area contributed by atoms with Crippen molar-refractivity contribution < 1.29 is 28.2 Å². The maximum atomic E-state index is 12.4. The zero-order valence-corrected chi connectivity index (χ0v) is 13.5. The van der Waals surface area contributed by atoms with Gasteiger partial charge in [0.15, 0.2) is 11.5 Å². The van der Waals surface area contributed by atoms with E-state index in [2.05, 4.69) is 4.74 Å². The molecule has 0 unspecified atom stereocenters. The van der Waals surface area contributed by atoms with Crippen molar-refractivity contribution in [1.29, 1.82) is 0 Å². The van der Waals surface area contributed by atoms with Crippen LogP contribution in [-0.2, 0) is 4.79 Å². The van der Waals surface area contributed by atoms with Gasteiger partial charge in [0.05, 0.1) is 12.7 Å². The zero-order valence-electron chi connectivity index (χ0n) is 13.5. The van der Waals surface area contributed by atoms with Gasteiger partial charge in [-0.05, 0) is 43.5 Å². The highest BCUT2D eigenvalue weighted by Gasteiger charge is 2.19. The molecule has 1 aliphatic heterocycles. The maximum Gasteiger partial charge on any atom is 0.387 e. The topological polar surface area (TPSA) is 59.0 Å². The van der Waals surface area contributed by atoms with E-state index in [4.69, 9.17) is 4.74 Å². The van der Waals surface area contributed by atoms with Gasteiger partial charge in [0.1, 0.15) is 0 Å². The number of halogens is 2. The lowest BCUT2D eigenvalue weighted by molar-refractivity contribution is -0.127. The Hall–Kier alpha value is -2.15. The fourth-order valence-corrected chi connectivity index (χ4v) is 2.45. The number of rotatable bonds is 6. The highest BCUT2D eigenvalue weighted by atomic mass is 19.3. The van der Waals surface area contributed by atoms with Crippen LogP contribution in [0.4, 0.5) is 8.78 Å². The molecule has 0 radical (unpaired) electrons. The molecule has 132 valence electrons. The zero-order chi connectivity index (χ0) is 17.5. The summed E-state index contributed by atoms with van der Waals surface area (Å²) >= 11 is 0. The van der Waals surface area contributed by atoms with Gasteiger partial charge in [-0.25, -0.2) is 0 Å². The third kappa shape index (κ3) is 5.19. The Bertz CT molecular complexity index is 584. The molecule has 1 aromatic carbocycles. The number of hydrogen-bond donors (Lipinski definition) is 1. The normalized spacial score (nSPS) is 16.0. The molecule has 0 bridgehead atoms. The highest BCUT2D eigenvalue weighted by molar-refractivity contribution is 5.91. The predicted molar refractivity (Wildman–Crippen MR) is 85.1 cm³/mol. The Morgan fingerprint density at radius 1 is 1.38 bits per heavy atom. The second-order valence-electron chi connectivity index (χ2n) is 5.41. The number of aliphatic hydroxyl groups is 1. The molecule has 7 heteroatoms. The number of benzene rings is 1. The van der Waals surface area contributed by atoms with E-state index in [0.29, 0.717) is 38.1 Å². The third-order valence-corrected chi connectivity index (χ3v) is 3.68. The number of amides is 1. The molecule has 1 N–H and O–H groups in total. The van der Waals surface area contributed by atoms with E-state index in [1.165, 1.54) is 12.1 Å². The summed E-state index contributed by atoms with van der Waals surface area (Å²) in [6.45, 7) is 0.164. The van der Waals surface area contributed by atoms with Crippen molar-refractivity contribution in [3.05, 3.63) is 29.8 Å². The summed E-state index contributed by atoms with van der Waals surface area (Å²) in [4.78, 5) is 13.8. The number of carbonyl (C=O) groups is 1. The third-order valence-electron chi connectivity index (χ3n) is 3.68. The van der Waals surface area contributed by atoms with Crippen molar-refractivity contribution in [2.24, 2.45) is 0 Å². The summed E-state index contributed by atoms with van der Waals surface area (Å²) in [5, 5.41) is 9.45. The van der Waals surface area contributed by atoms with Crippen LogP contribution in [0.25, 0.3) is 6.08 Å². The van der Waals surface area contributed by atoms with Crippen LogP contribution >= 0.6 is 0 Å². The largest absolute Gasteiger partial charge is 0.490 e. The average molecular weight is 341 g/mol. The van der Waals surface area contributed by atoms with Crippen LogP contribution in [0.1, 0.15) is 25.3 Å². The van der Waals surface area contributed by atoms with E-state index in [9.17, 15) is 18.7 Å². The minimum absolute atomic E-state index is 0.0413. The van der Waals surface area contributed by atoms with Crippen molar-refractivity contribution >= 4 is 12.0 Å². The van der Waals surface area contributed by atoms with Gasteiger partial charge in [-0.1, -0.05) is 6.07 Å². The summed E-state index contributed by atoms with van der Waals surface area (Å²) in [5.74, 6) is 0.0154. The number of piperidine rings is 1. The Kier molecular flexibility index (Phi) is 6.54. The van der Waals surface area contributed by atoms with Crippen LogP contribution in [0, 0.1) is 0 Å². The van der Waals surface area contributed by atoms with Crippen molar-refractivity contribution in [2.75, 3.05) is 19.7 Å². The molecule has 0 atom stereocenters. The standard InChI is InChI=1S/C17H21F2NO4/c1-2-23-15-11-12(3-5-14(15)24-17(18)19)4-6-16(22)20-9-7-13(21)8-10-20/h3-6,11,13,17,21H,2,7-10H2,1H3/b6-4+. The van der Waals surface area contributed by atoms with E-state index in [-0.39, 0.29) is 23.5 Å². The Morgan fingerprint density at radius 2 is 2.08 bits per heavy atom. The fraction of sp³-hybridized carbons (Fsp3) is 0.471. The maximum absolute atomic E-state index is 12.4. The molecule has 1 heterocycles. The van der Waals surface area contributed by atoms with E-state index < -0.39 is 6.61 Å². The molecular formula is C17H21F2NO4. The molecule has 1 aromatic rings. The van der Waals surface area contributed by atoms with Crippen LogP contribution in [0.2, 0.25) is 0 Å². The van der Waals surface area contributed by atoms with Gasteiger partial charge in [-0.2, -0.15) is 8.78 Å². The Morgan fingerprint density at radius 3 is 2.71 bits per heavy atom. The molecule has 1 fully saturated rings. The molecule has 24 heavy (non-hydrogen) atoms. The minimum Gasteiger partial charge on any atom is -0.490 e. The van der Waals surface area contributed by atoms with Gasteiger partial charge < -0.3 is 19.5 Å². The Balaban J connectivity index is 2.05. The molecule has 0 saturated carbocycles. The van der Waals surface area contributed by atoms with Crippen LogP contribution in [0.3, 0.4) is 0 Å². The molecule has 1 amide bonds. The molecular weight excluding hydrogens is 320 g/mol. The summed E-state index contributed by atoms with van der Waals surface area (Å²) in [6.07, 6.45) is 3.84. The van der Waals surface area contributed by atoms with E-state index >= 15 is 0 Å². The number of aliphatic hydroxyl groups excluding tert-OH is 1. The second kappa shape index (κ2) is 8.63. The monoisotopic (exact) mass is 341 g/mol. The smallest absolute Gasteiger partial charge is 0.387 e. The minimum atomic E-state index is -2.93. The van der Waals surface area contributed by atoms with E-state index in [1.807, 2.05) is 0 Å². The summed E-state index contributed by atoms with van der Waals surface area (Å²) in [5.41, 5.74) is 0.644. The second-order valence-corrected chi connectivity index (χ2v) is 5.41. The van der Waals surface area contributed by atoms with Crippen molar-refractivity contribution in [3.8, 4) is 11.5 Å². The van der Waals surface area contributed by atoms with Crippen LogP contribution in [0.5, 0.6) is 11.5 Å².